The fourth-order valence-corrected chi connectivity index (χ4v) is 4.79. The largest absolute Gasteiger partial charge is 0.484 e. The number of amides is 2. The standard InChI is InChI=1S/C31H43ClN6O3/c1-7-22(3)31(35-23(4)41-6)24-13-14-27(32)28(17-24)37(20-29(39)34-16-15-33-8-2)21-30(40)36(5)38-18-25-11-9-10-12-26(25)19-38/h9-14,17,33H,7-8,15-16,18-21H2,1-6H3,(H,34,39). The summed E-state index contributed by atoms with van der Waals surface area (Å²) < 4.78 is 5.32. The number of benzene rings is 2. The zero-order valence-electron chi connectivity index (χ0n) is 25.1. The van der Waals surface area contributed by atoms with Crippen LogP contribution in [0.3, 0.4) is 0 Å². The lowest BCUT2D eigenvalue weighted by atomic mass is 10.0. The number of methoxy groups -OCH3 is 1. The van der Waals surface area contributed by atoms with Crippen molar-refractivity contribution < 1.29 is 14.3 Å². The van der Waals surface area contributed by atoms with Crippen molar-refractivity contribution in [2.75, 3.05) is 51.8 Å². The van der Waals surface area contributed by atoms with E-state index < -0.39 is 0 Å². The maximum absolute atomic E-state index is 13.6. The Morgan fingerprint density at radius 2 is 1.73 bits per heavy atom. The minimum Gasteiger partial charge on any atom is -0.484 e. The van der Waals surface area contributed by atoms with Crippen LogP contribution in [0.4, 0.5) is 5.69 Å². The van der Waals surface area contributed by atoms with Gasteiger partial charge in [-0.05, 0) is 48.7 Å². The quantitative estimate of drug-likeness (QED) is 0.206. The van der Waals surface area contributed by atoms with E-state index in [1.807, 2.05) is 43.1 Å². The Balaban J connectivity index is 1.91. The Kier molecular flexibility index (Phi) is 12.2. The fourth-order valence-electron chi connectivity index (χ4n) is 4.55. The van der Waals surface area contributed by atoms with Crippen LogP contribution in [0, 0.1) is 0 Å². The van der Waals surface area contributed by atoms with Crippen LogP contribution in [0.5, 0.6) is 0 Å². The van der Waals surface area contributed by atoms with Crippen LogP contribution in [0.25, 0.3) is 5.70 Å². The van der Waals surface area contributed by atoms with Crippen molar-refractivity contribution in [1.82, 2.24) is 20.7 Å². The van der Waals surface area contributed by atoms with E-state index in [9.17, 15) is 9.59 Å². The maximum atomic E-state index is 13.6. The zero-order valence-corrected chi connectivity index (χ0v) is 25.8. The number of hydrogen-bond acceptors (Lipinski definition) is 7. The van der Waals surface area contributed by atoms with E-state index in [1.54, 1.807) is 37.1 Å². The molecule has 2 N–H and O–H groups in total. The number of rotatable bonds is 13. The zero-order chi connectivity index (χ0) is 29.9. The van der Waals surface area contributed by atoms with Gasteiger partial charge in [-0.15, -0.1) is 0 Å². The molecule has 0 spiro atoms. The molecule has 0 fully saturated rings. The summed E-state index contributed by atoms with van der Waals surface area (Å²) in [7, 11) is 3.36. The van der Waals surface area contributed by atoms with Crippen molar-refractivity contribution in [2.24, 2.45) is 4.99 Å². The monoisotopic (exact) mass is 582 g/mol. The SMILES string of the molecule is CCNCCNC(=O)CN(CC(=O)N(C)N1Cc2ccccc2C1)c1cc(C(N=C(C)OC)=C(C)CC)ccc1Cl. The summed E-state index contributed by atoms with van der Waals surface area (Å²) >= 11 is 6.73. The summed E-state index contributed by atoms with van der Waals surface area (Å²) in [5.41, 5.74) is 5.68. The number of aliphatic imine (C=N–C) groups is 1. The first-order chi connectivity index (χ1) is 19.7. The summed E-state index contributed by atoms with van der Waals surface area (Å²) in [4.78, 5) is 33.1. The van der Waals surface area contributed by atoms with Gasteiger partial charge in [0.25, 0.3) is 5.91 Å². The molecule has 10 heteroatoms. The summed E-state index contributed by atoms with van der Waals surface area (Å²) in [6, 6.07) is 13.8. The number of ether oxygens (including phenoxy) is 1. The Labute approximate surface area is 249 Å². The lowest BCUT2D eigenvalue weighted by Crippen LogP contribution is -2.48. The van der Waals surface area contributed by atoms with Gasteiger partial charge < -0.3 is 20.3 Å². The number of nitrogens with zero attached hydrogens (tertiary/aromatic N) is 4. The van der Waals surface area contributed by atoms with E-state index in [4.69, 9.17) is 21.3 Å². The number of carbonyl (C=O) groups excluding carboxylic acids is 2. The predicted molar refractivity (Wildman–Crippen MR) is 167 cm³/mol. The minimum absolute atomic E-state index is 0.0265. The summed E-state index contributed by atoms with van der Waals surface area (Å²) in [6.45, 7) is 11.1. The average molecular weight is 583 g/mol. The first kappa shape index (κ1) is 32.1. The number of hydrazine groups is 1. The van der Waals surface area contributed by atoms with Crippen molar-refractivity contribution in [2.45, 2.75) is 47.2 Å². The smallest absolute Gasteiger partial charge is 0.256 e. The number of anilines is 1. The average Bonchev–Trinajstić information content (AvgIpc) is 3.41. The van der Waals surface area contributed by atoms with E-state index in [0.29, 0.717) is 42.8 Å². The number of allylic oxidation sites excluding steroid dienone is 1. The normalized spacial score (nSPS) is 13.9. The Morgan fingerprint density at radius 3 is 2.34 bits per heavy atom. The van der Waals surface area contributed by atoms with Gasteiger partial charge in [-0.25, -0.2) is 10.0 Å². The molecule has 1 aliphatic heterocycles. The van der Waals surface area contributed by atoms with Gasteiger partial charge in [0.2, 0.25) is 5.91 Å². The third-order valence-electron chi connectivity index (χ3n) is 7.20. The Bertz CT molecular complexity index is 1250. The molecule has 41 heavy (non-hydrogen) atoms. The van der Waals surface area contributed by atoms with Crippen molar-refractivity contribution in [1.29, 1.82) is 0 Å². The number of halogens is 1. The summed E-state index contributed by atoms with van der Waals surface area (Å²) in [5.74, 6) is 0.195. The topological polar surface area (TPSA) is 89.5 Å². The van der Waals surface area contributed by atoms with Crippen LogP contribution in [0.1, 0.15) is 50.8 Å². The molecule has 1 aliphatic rings. The van der Waals surface area contributed by atoms with Gasteiger partial charge >= 0.3 is 0 Å². The maximum Gasteiger partial charge on any atom is 0.256 e. The van der Waals surface area contributed by atoms with Crippen molar-refractivity contribution >= 4 is 40.7 Å². The highest BCUT2D eigenvalue weighted by molar-refractivity contribution is 6.33. The van der Waals surface area contributed by atoms with Crippen LogP contribution in [0.2, 0.25) is 5.02 Å². The molecule has 0 saturated carbocycles. The molecule has 3 rings (SSSR count). The van der Waals surface area contributed by atoms with Crippen molar-refractivity contribution in [3.8, 4) is 0 Å². The van der Waals surface area contributed by atoms with Gasteiger partial charge in [0, 0.05) is 45.7 Å². The Morgan fingerprint density at radius 1 is 1.05 bits per heavy atom. The minimum atomic E-state index is -0.192. The molecule has 0 unspecified atom stereocenters. The highest BCUT2D eigenvalue weighted by Crippen LogP contribution is 2.32. The molecule has 0 bridgehead atoms. The molecule has 0 aromatic heterocycles. The van der Waals surface area contributed by atoms with Gasteiger partial charge in [-0.3, -0.25) is 14.6 Å². The van der Waals surface area contributed by atoms with Gasteiger partial charge in [0.15, 0.2) is 5.90 Å². The molecule has 2 amide bonds. The van der Waals surface area contributed by atoms with E-state index >= 15 is 0 Å². The molecular weight excluding hydrogens is 540 g/mol. The van der Waals surface area contributed by atoms with E-state index in [-0.39, 0.29) is 24.9 Å². The molecule has 0 radical (unpaired) electrons. The highest BCUT2D eigenvalue weighted by Gasteiger charge is 2.27. The van der Waals surface area contributed by atoms with E-state index in [1.165, 1.54) is 11.1 Å². The molecule has 2 aromatic rings. The second kappa shape index (κ2) is 15.6. The number of hydrogen-bond donors (Lipinski definition) is 2. The molecule has 0 saturated heterocycles. The number of carbonyl (C=O) groups is 2. The Hall–Kier alpha value is -3.40. The lowest BCUT2D eigenvalue weighted by molar-refractivity contribution is -0.145. The third-order valence-corrected chi connectivity index (χ3v) is 7.52. The highest BCUT2D eigenvalue weighted by atomic mass is 35.5. The summed E-state index contributed by atoms with van der Waals surface area (Å²) in [6.07, 6.45) is 0.799. The third kappa shape index (κ3) is 8.79. The van der Waals surface area contributed by atoms with Crippen molar-refractivity contribution in [3.63, 3.8) is 0 Å². The van der Waals surface area contributed by atoms with E-state index in [0.717, 1.165) is 29.8 Å². The lowest BCUT2D eigenvalue weighted by Gasteiger charge is -2.32. The van der Waals surface area contributed by atoms with Gasteiger partial charge in [-0.2, -0.15) is 0 Å². The molecule has 0 aliphatic carbocycles. The number of likely N-dealkylation sites (N-methyl/N-ethyl adjacent to an activating group) is 2. The predicted octanol–water partition coefficient (Wildman–Crippen LogP) is 4.47. The van der Waals surface area contributed by atoms with Crippen LogP contribution < -0.4 is 15.5 Å². The second-order valence-electron chi connectivity index (χ2n) is 10.1. The van der Waals surface area contributed by atoms with Crippen LogP contribution >= 0.6 is 11.6 Å². The molecule has 0 atom stereocenters. The number of fused-ring (bicyclic) bond motifs is 1. The molecule has 222 valence electrons. The first-order valence-electron chi connectivity index (χ1n) is 14.1. The number of nitrogens with one attached hydrogen (secondary N) is 2. The fraction of sp³-hybridized carbons (Fsp3) is 0.452. The second-order valence-corrected chi connectivity index (χ2v) is 10.5. The molecular formula is C31H43ClN6O3. The van der Waals surface area contributed by atoms with Crippen LogP contribution in [-0.4, -0.2) is 74.6 Å². The molecule has 2 aromatic carbocycles. The van der Waals surface area contributed by atoms with Gasteiger partial charge in [0.05, 0.1) is 36.6 Å². The van der Waals surface area contributed by atoms with Crippen LogP contribution in [-0.2, 0) is 27.4 Å². The van der Waals surface area contributed by atoms with Crippen molar-refractivity contribution in [3.05, 3.63) is 69.8 Å². The van der Waals surface area contributed by atoms with Gasteiger partial charge in [-0.1, -0.05) is 55.8 Å². The summed E-state index contributed by atoms with van der Waals surface area (Å²) in [5, 5.41) is 10.2. The first-order valence-corrected chi connectivity index (χ1v) is 14.5. The van der Waals surface area contributed by atoms with Crippen LogP contribution in [0.15, 0.2) is 53.0 Å². The van der Waals surface area contributed by atoms with Gasteiger partial charge in [0.1, 0.15) is 0 Å². The molecule has 1 heterocycles. The van der Waals surface area contributed by atoms with E-state index in [2.05, 4.69) is 29.7 Å². The molecule has 9 nitrogen and oxygen atoms in total.